The summed E-state index contributed by atoms with van der Waals surface area (Å²) < 4.78 is 5.29. The van der Waals surface area contributed by atoms with E-state index in [0.29, 0.717) is 5.75 Å². The fraction of sp³-hybridized carbons (Fsp3) is 0.714. The minimum atomic E-state index is -0.727. The Morgan fingerprint density at radius 1 is 1.83 bits per heavy atom. The molecular weight excluding hydrogens is 176 g/mol. The van der Waals surface area contributed by atoms with Crippen LogP contribution in [0.2, 0.25) is 0 Å². The highest BCUT2D eigenvalue weighted by molar-refractivity contribution is 7.99. The van der Waals surface area contributed by atoms with Crippen LogP contribution in [0.25, 0.3) is 0 Å². The molecule has 2 N–H and O–H groups in total. The van der Waals surface area contributed by atoms with Crippen LogP contribution in [0, 0.1) is 5.92 Å². The Bertz CT molecular complexity index is 266. The van der Waals surface area contributed by atoms with Crippen LogP contribution in [0.15, 0.2) is 4.99 Å². The fourth-order valence-corrected chi connectivity index (χ4v) is 3.03. The molecule has 2 aliphatic heterocycles. The third-order valence-electron chi connectivity index (χ3n) is 2.34. The molecule has 0 saturated carbocycles. The maximum absolute atomic E-state index is 11.4. The summed E-state index contributed by atoms with van der Waals surface area (Å²) in [6.07, 6.45) is 0. The minimum absolute atomic E-state index is 0.0225. The van der Waals surface area contributed by atoms with E-state index in [9.17, 15) is 4.79 Å². The number of nitrogens with two attached hydrogens (primary N) is 1. The number of aliphatic imine (C=N–C) groups is 1. The summed E-state index contributed by atoms with van der Waals surface area (Å²) in [4.78, 5) is 15.0. The lowest BCUT2D eigenvalue weighted by Crippen LogP contribution is -2.43. The van der Waals surface area contributed by atoms with Crippen LogP contribution < -0.4 is 5.73 Å². The van der Waals surface area contributed by atoms with Crippen LogP contribution in [-0.4, -0.2) is 29.0 Å². The van der Waals surface area contributed by atoms with Gasteiger partial charge in [0, 0.05) is 17.4 Å². The smallest absolute Gasteiger partial charge is 0.295 e. The van der Waals surface area contributed by atoms with Gasteiger partial charge in [-0.25, -0.2) is 0 Å². The first kappa shape index (κ1) is 7.91. The Hall–Kier alpha value is -0.710. The van der Waals surface area contributed by atoms with Gasteiger partial charge in [-0.15, -0.1) is 0 Å². The lowest BCUT2D eigenvalue weighted by atomic mass is 9.92. The third kappa shape index (κ3) is 0.857. The predicted molar refractivity (Wildman–Crippen MR) is 46.9 cm³/mol. The van der Waals surface area contributed by atoms with Crippen LogP contribution in [0.5, 0.6) is 0 Å². The standard InChI is InChI=1S/C7H10N2O2S/c1-4-2-12-3-7(4)5(10)9-6(8)11-7/h4H,2-3H2,1H3,(H2,8,9,10). The molecule has 0 bridgehead atoms. The average Bonchev–Trinajstić information content (AvgIpc) is 2.44. The topological polar surface area (TPSA) is 64.7 Å². The quantitative estimate of drug-likeness (QED) is 0.577. The molecule has 2 aliphatic rings. The second-order valence-electron chi connectivity index (χ2n) is 3.16. The van der Waals surface area contributed by atoms with Crippen molar-refractivity contribution < 1.29 is 9.53 Å². The van der Waals surface area contributed by atoms with E-state index in [4.69, 9.17) is 10.5 Å². The van der Waals surface area contributed by atoms with Crippen molar-refractivity contribution in [2.24, 2.45) is 16.6 Å². The number of carbonyl (C=O) groups is 1. The molecule has 66 valence electrons. The van der Waals surface area contributed by atoms with Crippen molar-refractivity contribution in [2.75, 3.05) is 11.5 Å². The SMILES string of the molecule is CC1CSCC12OC(N)=NC2=O. The maximum atomic E-state index is 11.4. The Kier molecular flexibility index (Phi) is 1.57. The molecule has 0 aliphatic carbocycles. The molecular formula is C7H10N2O2S. The summed E-state index contributed by atoms with van der Waals surface area (Å²) in [6.45, 7) is 1.99. The molecule has 5 heteroatoms. The van der Waals surface area contributed by atoms with Crippen molar-refractivity contribution in [1.29, 1.82) is 0 Å². The monoisotopic (exact) mass is 186 g/mol. The highest BCUT2D eigenvalue weighted by Gasteiger charge is 2.53. The Balaban J connectivity index is 2.29. The highest BCUT2D eigenvalue weighted by Crippen LogP contribution is 2.39. The van der Waals surface area contributed by atoms with Crippen molar-refractivity contribution in [1.82, 2.24) is 0 Å². The van der Waals surface area contributed by atoms with Crippen LogP contribution in [0.1, 0.15) is 6.92 Å². The lowest BCUT2D eigenvalue weighted by molar-refractivity contribution is -0.131. The number of carbonyl (C=O) groups excluding carboxylic acids is 1. The van der Waals surface area contributed by atoms with E-state index in [1.807, 2.05) is 6.92 Å². The molecule has 2 atom stereocenters. The van der Waals surface area contributed by atoms with Gasteiger partial charge in [0.2, 0.25) is 5.60 Å². The molecule has 1 fully saturated rings. The zero-order valence-electron chi connectivity index (χ0n) is 6.74. The maximum Gasteiger partial charge on any atom is 0.295 e. The van der Waals surface area contributed by atoms with E-state index >= 15 is 0 Å². The third-order valence-corrected chi connectivity index (χ3v) is 3.71. The van der Waals surface area contributed by atoms with Gasteiger partial charge in [0.1, 0.15) is 0 Å². The summed E-state index contributed by atoms with van der Waals surface area (Å²) in [7, 11) is 0. The van der Waals surface area contributed by atoms with Crippen molar-refractivity contribution in [2.45, 2.75) is 12.5 Å². The Morgan fingerprint density at radius 2 is 2.58 bits per heavy atom. The van der Waals surface area contributed by atoms with Gasteiger partial charge in [-0.2, -0.15) is 16.8 Å². The van der Waals surface area contributed by atoms with Crippen LogP contribution in [-0.2, 0) is 9.53 Å². The number of thioether (sulfide) groups is 1. The minimum Gasteiger partial charge on any atom is -0.447 e. The first-order chi connectivity index (χ1) is 5.65. The number of amides is 1. The summed E-state index contributed by atoms with van der Waals surface area (Å²) in [5.41, 5.74) is 4.61. The zero-order chi connectivity index (χ0) is 8.77. The predicted octanol–water partition coefficient (Wildman–Crippen LogP) is -0.0204. The molecule has 2 heterocycles. The first-order valence-electron chi connectivity index (χ1n) is 3.80. The molecule has 12 heavy (non-hydrogen) atoms. The first-order valence-corrected chi connectivity index (χ1v) is 4.96. The largest absolute Gasteiger partial charge is 0.447 e. The fourth-order valence-electron chi connectivity index (χ4n) is 1.51. The van der Waals surface area contributed by atoms with E-state index in [2.05, 4.69) is 4.99 Å². The van der Waals surface area contributed by atoms with Crippen LogP contribution in [0.3, 0.4) is 0 Å². The van der Waals surface area contributed by atoms with E-state index in [0.717, 1.165) is 5.75 Å². The summed E-state index contributed by atoms with van der Waals surface area (Å²) in [5, 5.41) is 0. The molecule has 2 unspecified atom stereocenters. The molecule has 0 aromatic heterocycles. The van der Waals surface area contributed by atoms with Gasteiger partial charge >= 0.3 is 0 Å². The van der Waals surface area contributed by atoms with Gasteiger partial charge in [-0.3, -0.25) is 4.79 Å². The summed E-state index contributed by atoms with van der Waals surface area (Å²) in [5.74, 6) is 1.61. The van der Waals surface area contributed by atoms with E-state index < -0.39 is 5.60 Å². The highest BCUT2D eigenvalue weighted by atomic mass is 32.2. The zero-order valence-corrected chi connectivity index (χ0v) is 7.56. The van der Waals surface area contributed by atoms with E-state index in [-0.39, 0.29) is 17.8 Å². The van der Waals surface area contributed by atoms with E-state index in [1.165, 1.54) is 0 Å². The number of amidine groups is 1. The number of hydrogen-bond acceptors (Lipinski definition) is 4. The summed E-state index contributed by atoms with van der Waals surface area (Å²) >= 11 is 1.71. The molecule has 0 aromatic rings. The van der Waals surface area contributed by atoms with Gasteiger partial charge in [0.05, 0.1) is 0 Å². The second-order valence-corrected chi connectivity index (χ2v) is 4.19. The Labute approximate surface area is 74.6 Å². The van der Waals surface area contributed by atoms with Crippen molar-refractivity contribution in [3.63, 3.8) is 0 Å². The lowest BCUT2D eigenvalue weighted by Gasteiger charge is -2.23. The summed E-state index contributed by atoms with van der Waals surface area (Å²) in [6, 6.07) is 0.0225. The normalized spacial score (nSPS) is 40.2. The number of nitrogens with zero attached hydrogens (tertiary/aromatic N) is 1. The van der Waals surface area contributed by atoms with Crippen molar-refractivity contribution in [3.05, 3.63) is 0 Å². The molecule has 1 amide bonds. The molecule has 1 saturated heterocycles. The number of rotatable bonds is 0. The van der Waals surface area contributed by atoms with E-state index in [1.54, 1.807) is 11.8 Å². The molecule has 0 aromatic carbocycles. The van der Waals surface area contributed by atoms with Crippen molar-refractivity contribution >= 4 is 23.7 Å². The molecule has 2 rings (SSSR count). The number of hydrogen-bond donors (Lipinski definition) is 1. The molecule has 0 radical (unpaired) electrons. The van der Waals surface area contributed by atoms with Crippen molar-refractivity contribution in [3.8, 4) is 0 Å². The Morgan fingerprint density at radius 3 is 3.00 bits per heavy atom. The molecule has 4 nitrogen and oxygen atoms in total. The second kappa shape index (κ2) is 2.39. The van der Waals surface area contributed by atoms with Gasteiger partial charge in [0.15, 0.2) is 0 Å². The van der Waals surface area contributed by atoms with Gasteiger partial charge in [0.25, 0.3) is 11.9 Å². The molecule has 1 spiro atoms. The number of ether oxygens (including phenoxy) is 1. The van der Waals surface area contributed by atoms with Crippen LogP contribution >= 0.6 is 11.8 Å². The van der Waals surface area contributed by atoms with Gasteiger partial charge in [-0.05, 0) is 0 Å². The van der Waals surface area contributed by atoms with Gasteiger partial charge in [-0.1, -0.05) is 6.92 Å². The average molecular weight is 186 g/mol. The van der Waals surface area contributed by atoms with Crippen LogP contribution in [0.4, 0.5) is 0 Å². The van der Waals surface area contributed by atoms with Gasteiger partial charge < -0.3 is 10.5 Å².